The highest BCUT2D eigenvalue weighted by molar-refractivity contribution is 5.96. The van der Waals surface area contributed by atoms with E-state index in [9.17, 15) is 19.2 Å². The number of carbonyl (C=O) groups is 2. The molecule has 2 aromatic carbocycles. The molecule has 10 nitrogen and oxygen atoms in total. The maximum atomic E-state index is 14.8. The molecule has 0 spiro atoms. The lowest BCUT2D eigenvalue weighted by Crippen LogP contribution is -2.48. The van der Waals surface area contributed by atoms with Crippen LogP contribution in [0.4, 0.5) is 20.6 Å². The topological polar surface area (TPSA) is 140 Å². The molecule has 220 valence electrons. The van der Waals surface area contributed by atoms with Crippen molar-refractivity contribution < 1.29 is 14.0 Å². The van der Waals surface area contributed by atoms with Gasteiger partial charge in [-0.15, -0.1) is 0 Å². The van der Waals surface area contributed by atoms with Crippen molar-refractivity contribution >= 4 is 23.3 Å². The number of halogens is 1. The number of carbonyl (C=O) groups excluding carboxylic acids is 2. The molecule has 1 atom stereocenters. The fourth-order valence-corrected chi connectivity index (χ4v) is 5.48. The van der Waals surface area contributed by atoms with Crippen LogP contribution in [0.5, 0.6) is 0 Å². The molecule has 0 bridgehead atoms. The third-order valence-electron chi connectivity index (χ3n) is 7.85. The van der Waals surface area contributed by atoms with Crippen molar-refractivity contribution in [2.45, 2.75) is 58.7 Å². The van der Waals surface area contributed by atoms with E-state index in [0.717, 1.165) is 38.0 Å². The van der Waals surface area contributed by atoms with Gasteiger partial charge in [0.2, 0.25) is 0 Å². The molecule has 3 amide bonds. The normalized spacial score (nSPS) is 14.5. The van der Waals surface area contributed by atoms with Gasteiger partial charge in [-0.25, -0.2) is 19.2 Å². The van der Waals surface area contributed by atoms with Gasteiger partial charge in [0.1, 0.15) is 12.1 Å². The molecule has 1 aromatic heterocycles. The zero-order valence-electron chi connectivity index (χ0n) is 24.2. The first-order valence-corrected chi connectivity index (χ1v) is 14.1. The number of anilines is 2. The number of likely N-dealkylation sites (tertiary alicyclic amines) is 1. The molecule has 4 rings (SSSR count). The van der Waals surface area contributed by atoms with Crippen LogP contribution >= 0.6 is 0 Å². The van der Waals surface area contributed by atoms with Crippen molar-refractivity contribution in [1.29, 1.82) is 5.26 Å². The summed E-state index contributed by atoms with van der Waals surface area (Å²) in [6.07, 6.45) is 3.98. The molecule has 2 heterocycles. The van der Waals surface area contributed by atoms with E-state index in [0.29, 0.717) is 46.9 Å². The van der Waals surface area contributed by atoms with E-state index in [1.807, 2.05) is 12.1 Å². The Labute approximate surface area is 245 Å². The van der Waals surface area contributed by atoms with Crippen LogP contribution in [0.2, 0.25) is 0 Å². The van der Waals surface area contributed by atoms with Crippen LogP contribution in [-0.2, 0) is 6.54 Å². The Morgan fingerprint density at radius 1 is 1.14 bits per heavy atom. The van der Waals surface area contributed by atoms with Gasteiger partial charge in [-0.1, -0.05) is 0 Å². The summed E-state index contributed by atoms with van der Waals surface area (Å²) in [5, 5.41) is 14.9. The van der Waals surface area contributed by atoms with E-state index < -0.39 is 6.03 Å². The van der Waals surface area contributed by atoms with Crippen molar-refractivity contribution in [1.82, 2.24) is 20.2 Å². The minimum atomic E-state index is -0.643. The van der Waals surface area contributed by atoms with Crippen molar-refractivity contribution in [3.05, 3.63) is 82.7 Å². The average Bonchev–Trinajstić information content (AvgIpc) is 2.97. The fraction of sp³-hybridized carbons (Fsp3) is 0.387. The lowest BCUT2D eigenvalue weighted by atomic mass is 9.98. The van der Waals surface area contributed by atoms with Crippen molar-refractivity contribution in [2.24, 2.45) is 5.73 Å². The highest BCUT2D eigenvalue weighted by atomic mass is 19.1. The lowest BCUT2D eigenvalue weighted by molar-refractivity contribution is 0.0943. The second-order valence-electron chi connectivity index (χ2n) is 10.7. The minimum Gasteiger partial charge on any atom is -0.364 e. The monoisotopic (exact) mass is 572 g/mol. The number of aromatic nitrogens is 2. The van der Waals surface area contributed by atoms with Crippen molar-refractivity contribution in [3.63, 3.8) is 0 Å². The summed E-state index contributed by atoms with van der Waals surface area (Å²) in [6.45, 7) is 8.32. The summed E-state index contributed by atoms with van der Waals surface area (Å²) in [4.78, 5) is 36.8. The molecule has 0 aliphatic carbocycles. The van der Waals surface area contributed by atoms with Crippen molar-refractivity contribution in [3.8, 4) is 6.07 Å². The number of rotatable bonds is 10. The summed E-state index contributed by atoms with van der Waals surface area (Å²) in [5.41, 5.74) is 9.43. The van der Waals surface area contributed by atoms with E-state index in [1.165, 1.54) is 18.5 Å². The average molecular weight is 573 g/mol. The van der Waals surface area contributed by atoms with Gasteiger partial charge in [0.25, 0.3) is 5.91 Å². The third kappa shape index (κ3) is 7.59. The lowest BCUT2D eigenvalue weighted by Gasteiger charge is -2.42. The highest BCUT2D eigenvalue weighted by Crippen LogP contribution is 2.29. The fourth-order valence-electron chi connectivity index (χ4n) is 5.48. The van der Waals surface area contributed by atoms with Crippen LogP contribution in [-0.4, -0.2) is 58.5 Å². The Morgan fingerprint density at radius 2 is 1.81 bits per heavy atom. The standard InChI is InChI=1S/C31H37FN8O2/c1-20(10-13-35-30(41)29-21(2)36-19-37-22(29)3)39-14-11-27(12-15-39)40(18-24-16-23(17-33)4-9-28(24)32)26-7-5-25(6-8-26)38-31(34)42/h4-9,16,19-20,27H,10-15,18H2,1-3H3,(H,35,41)(H3,34,38,42). The number of benzene rings is 2. The first-order chi connectivity index (χ1) is 20.2. The summed E-state index contributed by atoms with van der Waals surface area (Å²) >= 11 is 0. The van der Waals surface area contributed by atoms with Gasteiger partial charge >= 0.3 is 6.03 Å². The molecule has 0 radical (unpaired) electrons. The molecule has 1 fully saturated rings. The number of hydrogen-bond acceptors (Lipinski definition) is 7. The molecule has 1 saturated heterocycles. The third-order valence-corrected chi connectivity index (χ3v) is 7.85. The number of nitrogens with one attached hydrogen (secondary N) is 2. The first-order valence-electron chi connectivity index (χ1n) is 14.1. The van der Waals surface area contributed by atoms with Gasteiger partial charge in [-0.3, -0.25) is 4.79 Å². The zero-order valence-corrected chi connectivity index (χ0v) is 24.2. The molecule has 0 saturated carbocycles. The number of primary amides is 1. The van der Waals surface area contributed by atoms with Crippen LogP contribution in [0.15, 0.2) is 48.8 Å². The Morgan fingerprint density at radius 3 is 2.43 bits per heavy atom. The SMILES string of the molecule is Cc1ncnc(C)c1C(=O)NCCC(C)N1CCC(N(Cc2cc(C#N)ccc2F)c2ccc(NC(N)=O)cc2)CC1. The Bertz CT molecular complexity index is 1430. The molecular weight excluding hydrogens is 535 g/mol. The number of aryl methyl sites for hydroxylation is 2. The maximum absolute atomic E-state index is 14.8. The summed E-state index contributed by atoms with van der Waals surface area (Å²) < 4.78 is 14.8. The van der Waals surface area contributed by atoms with E-state index >= 15 is 0 Å². The molecule has 4 N–H and O–H groups in total. The summed E-state index contributed by atoms with van der Waals surface area (Å²) in [5.74, 6) is -0.511. The van der Waals surface area contributed by atoms with Gasteiger partial charge in [0.05, 0.1) is 28.6 Å². The second-order valence-corrected chi connectivity index (χ2v) is 10.7. The molecule has 42 heavy (non-hydrogen) atoms. The number of hydrogen-bond donors (Lipinski definition) is 3. The van der Waals surface area contributed by atoms with Gasteiger partial charge in [0, 0.05) is 55.2 Å². The highest BCUT2D eigenvalue weighted by Gasteiger charge is 2.28. The van der Waals surface area contributed by atoms with Gasteiger partial charge in [0.15, 0.2) is 0 Å². The predicted molar refractivity (Wildman–Crippen MR) is 159 cm³/mol. The van der Waals surface area contributed by atoms with E-state index in [1.54, 1.807) is 32.0 Å². The van der Waals surface area contributed by atoms with E-state index in [2.05, 4.69) is 43.4 Å². The Balaban J connectivity index is 1.40. The summed E-state index contributed by atoms with van der Waals surface area (Å²) in [6, 6.07) is 13.6. The quantitative estimate of drug-likeness (QED) is 0.329. The number of nitrogens with zero attached hydrogens (tertiary/aromatic N) is 5. The van der Waals surface area contributed by atoms with E-state index in [-0.39, 0.29) is 23.8 Å². The second kappa shape index (κ2) is 13.9. The number of piperidine rings is 1. The molecular formula is C31H37FN8O2. The Hall–Kier alpha value is -4.56. The van der Waals surface area contributed by atoms with Crippen LogP contribution < -0.4 is 21.3 Å². The molecule has 3 aromatic rings. The predicted octanol–water partition coefficient (Wildman–Crippen LogP) is 4.27. The minimum absolute atomic E-state index is 0.136. The number of nitriles is 1. The largest absolute Gasteiger partial charge is 0.364 e. The van der Waals surface area contributed by atoms with E-state index in [4.69, 9.17) is 5.73 Å². The molecule has 11 heteroatoms. The van der Waals surface area contributed by atoms with Crippen LogP contribution in [0.3, 0.4) is 0 Å². The van der Waals surface area contributed by atoms with Gasteiger partial charge < -0.3 is 26.2 Å². The van der Waals surface area contributed by atoms with Crippen molar-refractivity contribution in [2.75, 3.05) is 29.9 Å². The smallest absolute Gasteiger partial charge is 0.316 e. The summed E-state index contributed by atoms with van der Waals surface area (Å²) in [7, 11) is 0. The number of urea groups is 1. The van der Waals surface area contributed by atoms with Crippen LogP contribution in [0.1, 0.15) is 59.1 Å². The maximum Gasteiger partial charge on any atom is 0.316 e. The zero-order chi connectivity index (χ0) is 30.2. The van der Waals surface area contributed by atoms with Gasteiger partial charge in [-0.2, -0.15) is 5.26 Å². The van der Waals surface area contributed by atoms with Crippen LogP contribution in [0.25, 0.3) is 0 Å². The van der Waals surface area contributed by atoms with Gasteiger partial charge in [-0.05, 0) is 82.5 Å². The number of nitrogens with two attached hydrogens (primary N) is 1. The molecule has 1 aliphatic heterocycles. The number of amides is 3. The Kier molecular flexibility index (Phi) is 10.0. The molecule has 1 aliphatic rings. The van der Waals surface area contributed by atoms with Crippen LogP contribution in [0, 0.1) is 31.0 Å². The first kappa shape index (κ1) is 30.4. The molecule has 1 unspecified atom stereocenters.